The van der Waals surface area contributed by atoms with E-state index in [-0.39, 0.29) is 0 Å². The molecule has 0 spiro atoms. The van der Waals surface area contributed by atoms with E-state index in [0.29, 0.717) is 0 Å². The van der Waals surface area contributed by atoms with E-state index in [2.05, 4.69) is 0 Å². The monoisotopic (exact) mass is 88.1 g/mol. The molecule has 0 atom stereocenters. The Morgan fingerprint density at radius 2 is 2.00 bits per heavy atom. The van der Waals surface area contributed by atoms with Crippen molar-refractivity contribution in [3.8, 4) is 0 Å². The molecule has 2 N–H and O–H groups in total. The molecule has 0 aromatic heterocycles. The number of aliphatic hydroxyl groups excluding tert-OH is 1. The Hall–Kier alpha value is -0.340. The quantitative estimate of drug-likeness (QED) is 0.346. The van der Waals surface area contributed by atoms with Crippen molar-refractivity contribution in [1.82, 2.24) is 0 Å². The zero-order chi connectivity index (χ0) is 4.99. The van der Waals surface area contributed by atoms with Gasteiger partial charge in [-0.3, -0.25) is 0 Å². The molecule has 0 saturated carbocycles. The number of hydrogen-bond acceptors (Lipinski definition) is 2. The Kier molecular flexibility index (Phi) is 2.71. The molecule has 36 valence electrons. The first-order valence-electron chi connectivity index (χ1n) is 1.76. The molecule has 0 unspecified atom stereocenters. The standard InChI is InChI=1S/C4H8O2/c1-2-3-4(5)6/h2-6H,1H3. The minimum Gasteiger partial charge on any atom is -0.365 e. The average molecular weight is 88.1 g/mol. The van der Waals surface area contributed by atoms with Crippen LogP contribution in [0.25, 0.3) is 0 Å². The fraction of sp³-hybridized carbons (Fsp3) is 0.500. The van der Waals surface area contributed by atoms with Crippen LogP contribution in [0, 0.1) is 0 Å². The van der Waals surface area contributed by atoms with Crippen molar-refractivity contribution in [2.24, 2.45) is 0 Å². The first kappa shape index (κ1) is 5.66. The average Bonchev–Trinajstić information content (AvgIpc) is 1.35. The van der Waals surface area contributed by atoms with Crippen LogP contribution in [0.3, 0.4) is 0 Å². The minimum absolute atomic E-state index is 1.28. The van der Waals surface area contributed by atoms with Crippen LogP contribution in [0.2, 0.25) is 0 Å². The molecule has 0 amide bonds. The van der Waals surface area contributed by atoms with Gasteiger partial charge in [-0.1, -0.05) is 6.08 Å². The van der Waals surface area contributed by atoms with Crippen molar-refractivity contribution in [3.63, 3.8) is 0 Å². The van der Waals surface area contributed by atoms with E-state index >= 15 is 0 Å². The van der Waals surface area contributed by atoms with Gasteiger partial charge in [-0.2, -0.15) is 0 Å². The molecule has 0 aliphatic carbocycles. The molecule has 0 aromatic rings. The topological polar surface area (TPSA) is 40.5 Å². The highest BCUT2D eigenvalue weighted by molar-refractivity contribution is 4.78. The summed E-state index contributed by atoms with van der Waals surface area (Å²) in [4.78, 5) is 0. The van der Waals surface area contributed by atoms with E-state index < -0.39 is 6.29 Å². The maximum atomic E-state index is 8.02. The van der Waals surface area contributed by atoms with E-state index in [0.717, 1.165) is 0 Å². The Balaban J connectivity index is 3.03. The molecule has 6 heavy (non-hydrogen) atoms. The Bertz CT molecular complexity index is 47.5. The predicted octanol–water partition coefficient (Wildman–Crippen LogP) is -0.127. The van der Waals surface area contributed by atoms with Crippen molar-refractivity contribution in [2.45, 2.75) is 13.2 Å². The van der Waals surface area contributed by atoms with Gasteiger partial charge < -0.3 is 10.2 Å². The van der Waals surface area contributed by atoms with Crippen LogP contribution in [0.15, 0.2) is 12.2 Å². The zero-order valence-corrected chi connectivity index (χ0v) is 3.63. The summed E-state index contributed by atoms with van der Waals surface area (Å²) in [7, 11) is 0. The summed E-state index contributed by atoms with van der Waals surface area (Å²) in [6.07, 6.45) is 1.57. The molecular formula is C4H8O2. The van der Waals surface area contributed by atoms with Crippen molar-refractivity contribution in [2.75, 3.05) is 0 Å². The lowest BCUT2D eigenvalue weighted by molar-refractivity contribution is 0.00228. The zero-order valence-electron chi connectivity index (χ0n) is 3.63. The normalized spacial score (nSPS) is 11.3. The number of aliphatic hydroxyl groups is 2. The highest BCUT2D eigenvalue weighted by Gasteiger charge is 1.79. The molecule has 2 nitrogen and oxygen atoms in total. The highest BCUT2D eigenvalue weighted by Crippen LogP contribution is 1.74. The molecule has 0 aliphatic rings. The van der Waals surface area contributed by atoms with Gasteiger partial charge in [0.15, 0.2) is 6.29 Å². The third kappa shape index (κ3) is 3.66. The molecule has 0 rings (SSSR count). The van der Waals surface area contributed by atoms with E-state index in [1.807, 2.05) is 0 Å². The minimum atomic E-state index is -1.28. The van der Waals surface area contributed by atoms with Crippen LogP contribution in [-0.4, -0.2) is 16.5 Å². The van der Waals surface area contributed by atoms with Crippen LogP contribution in [0.4, 0.5) is 0 Å². The van der Waals surface area contributed by atoms with Crippen molar-refractivity contribution in [3.05, 3.63) is 12.2 Å². The lowest BCUT2D eigenvalue weighted by atomic mass is 10.5. The van der Waals surface area contributed by atoms with Gasteiger partial charge >= 0.3 is 0 Å². The van der Waals surface area contributed by atoms with Gasteiger partial charge in [0, 0.05) is 0 Å². The second-order valence-electron chi connectivity index (χ2n) is 0.939. The summed E-state index contributed by atoms with van der Waals surface area (Å²) in [5.74, 6) is 0. The highest BCUT2D eigenvalue weighted by atomic mass is 16.5. The summed E-state index contributed by atoms with van der Waals surface area (Å²) in [6.45, 7) is 1.72. The number of allylic oxidation sites excluding steroid dienone is 1. The lowest BCUT2D eigenvalue weighted by Gasteiger charge is -1.86. The molecule has 0 heterocycles. The first-order chi connectivity index (χ1) is 2.77. The summed E-state index contributed by atoms with van der Waals surface area (Å²) in [5, 5.41) is 16.0. The fourth-order valence-corrected chi connectivity index (χ4v) is 0.172. The molecule has 2 heteroatoms. The predicted molar refractivity (Wildman–Crippen MR) is 23.0 cm³/mol. The molecule has 0 radical (unpaired) electrons. The van der Waals surface area contributed by atoms with Gasteiger partial charge in [0.05, 0.1) is 0 Å². The summed E-state index contributed by atoms with van der Waals surface area (Å²) < 4.78 is 0. The van der Waals surface area contributed by atoms with Gasteiger partial charge in [0.2, 0.25) is 0 Å². The fourth-order valence-electron chi connectivity index (χ4n) is 0.172. The third-order valence-corrected chi connectivity index (χ3v) is 0.365. The Morgan fingerprint density at radius 1 is 1.50 bits per heavy atom. The van der Waals surface area contributed by atoms with Crippen LogP contribution in [-0.2, 0) is 0 Å². The van der Waals surface area contributed by atoms with E-state index in [1.165, 1.54) is 6.08 Å². The van der Waals surface area contributed by atoms with Gasteiger partial charge in [-0.15, -0.1) is 0 Å². The number of hydrogen-bond donors (Lipinski definition) is 2. The molecule has 0 saturated heterocycles. The lowest BCUT2D eigenvalue weighted by Crippen LogP contribution is -1.96. The molecular weight excluding hydrogens is 80.0 g/mol. The maximum Gasteiger partial charge on any atom is 0.171 e. The van der Waals surface area contributed by atoms with Crippen LogP contribution < -0.4 is 0 Å². The van der Waals surface area contributed by atoms with E-state index in [1.54, 1.807) is 13.0 Å². The van der Waals surface area contributed by atoms with Crippen LogP contribution in [0.1, 0.15) is 6.92 Å². The van der Waals surface area contributed by atoms with E-state index in [9.17, 15) is 0 Å². The molecule has 0 aliphatic heterocycles. The smallest absolute Gasteiger partial charge is 0.171 e. The molecule has 0 bridgehead atoms. The van der Waals surface area contributed by atoms with Crippen LogP contribution in [0.5, 0.6) is 0 Å². The van der Waals surface area contributed by atoms with Gasteiger partial charge in [0.1, 0.15) is 0 Å². The SMILES string of the molecule is CC=CC(O)O. The molecule has 0 aromatic carbocycles. The first-order valence-corrected chi connectivity index (χ1v) is 1.76. The Labute approximate surface area is 36.7 Å². The number of rotatable bonds is 1. The second kappa shape index (κ2) is 2.87. The summed E-state index contributed by atoms with van der Waals surface area (Å²) >= 11 is 0. The van der Waals surface area contributed by atoms with Gasteiger partial charge in [-0.05, 0) is 13.0 Å². The largest absolute Gasteiger partial charge is 0.365 e. The van der Waals surface area contributed by atoms with Crippen molar-refractivity contribution >= 4 is 0 Å². The summed E-state index contributed by atoms with van der Waals surface area (Å²) in [6, 6.07) is 0. The van der Waals surface area contributed by atoms with Crippen LogP contribution >= 0.6 is 0 Å². The van der Waals surface area contributed by atoms with Crippen molar-refractivity contribution in [1.29, 1.82) is 0 Å². The third-order valence-electron chi connectivity index (χ3n) is 0.365. The van der Waals surface area contributed by atoms with Crippen molar-refractivity contribution < 1.29 is 10.2 Å². The van der Waals surface area contributed by atoms with Gasteiger partial charge in [0.25, 0.3) is 0 Å². The summed E-state index contributed by atoms with van der Waals surface area (Å²) in [5.41, 5.74) is 0. The Morgan fingerprint density at radius 3 is 2.00 bits per heavy atom. The second-order valence-corrected chi connectivity index (χ2v) is 0.939. The molecule has 0 fully saturated rings. The van der Waals surface area contributed by atoms with Gasteiger partial charge in [-0.25, -0.2) is 0 Å². The maximum absolute atomic E-state index is 8.02. The van der Waals surface area contributed by atoms with E-state index in [4.69, 9.17) is 10.2 Å².